The summed E-state index contributed by atoms with van der Waals surface area (Å²) in [5.74, 6) is 0.856. The van der Waals surface area contributed by atoms with Crippen LogP contribution in [0.25, 0.3) is 131 Å². The topological polar surface area (TPSA) is 0 Å². The van der Waals surface area contributed by atoms with E-state index in [-0.39, 0.29) is 21.7 Å². The summed E-state index contributed by atoms with van der Waals surface area (Å²) in [5, 5.41) is 21.2. The summed E-state index contributed by atoms with van der Waals surface area (Å²) in [4.78, 5) is 0. The van der Waals surface area contributed by atoms with Crippen LogP contribution >= 0.6 is 0 Å². The molecule has 0 saturated heterocycles. The van der Waals surface area contributed by atoms with Crippen LogP contribution in [-0.2, 0) is 21.7 Å². The Morgan fingerprint density at radius 1 is 0.263 bits per heavy atom. The lowest BCUT2D eigenvalue weighted by atomic mass is 9.75. The van der Waals surface area contributed by atoms with E-state index in [0.717, 1.165) is 0 Å². The van der Waals surface area contributed by atoms with Crippen LogP contribution in [0.5, 0.6) is 0 Å². The van der Waals surface area contributed by atoms with E-state index in [1.165, 1.54) is 164 Å². The smallest absolute Gasteiger partial charge is 0.000718 e. The number of rotatable bonds is 4. The first-order chi connectivity index (χ1) is 35.8. The second-order valence-corrected chi connectivity index (χ2v) is 27.8. The summed E-state index contributed by atoms with van der Waals surface area (Å²) in [7, 11) is 0. The Balaban J connectivity index is 1.32. The highest BCUT2D eigenvalue weighted by Gasteiger charge is 2.35. The normalized spacial score (nSPS) is 13.5. The zero-order valence-electron chi connectivity index (χ0n) is 48.0. The third kappa shape index (κ3) is 7.36. The van der Waals surface area contributed by atoms with E-state index in [1.807, 2.05) is 0 Å². The number of benzene rings is 12. The predicted octanol–water partition coefficient (Wildman–Crippen LogP) is 22.8. The van der Waals surface area contributed by atoms with Gasteiger partial charge in [-0.1, -0.05) is 226 Å². The van der Waals surface area contributed by atoms with Crippen LogP contribution in [0.1, 0.15) is 156 Å². The first-order valence-electron chi connectivity index (χ1n) is 28.3. The van der Waals surface area contributed by atoms with Gasteiger partial charge in [-0.25, -0.2) is 0 Å². The highest BCUT2D eigenvalue weighted by Crippen LogP contribution is 2.61. The average Bonchev–Trinajstić information content (AvgIpc) is 3.75. The fraction of sp³-hybridized carbons (Fsp3) is 0.289. The molecule has 13 rings (SSSR count). The van der Waals surface area contributed by atoms with Crippen molar-refractivity contribution in [1.82, 2.24) is 0 Å². The number of hydrogen-bond acceptors (Lipinski definition) is 0. The van der Waals surface area contributed by atoms with Gasteiger partial charge in [0.1, 0.15) is 0 Å². The number of fused-ring (bicyclic) bond motifs is 11. The molecule has 0 aromatic heterocycles. The van der Waals surface area contributed by atoms with Crippen LogP contribution in [0.4, 0.5) is 0 Å². The van der Waals surface area contributed by atoms with Crippen molar-refractivity contribution >= 4 is 86.2 Å². The van der Waals surface area contributed by atoms with Gasteiger partial charge in [0.05, 0.1) is 0 Å². The van der Waals surface area contributed by atoms with Crippen LogP contribution in [-0.4, -0.2) is 0 Å². The molecule has 0 radical (unpaired) electrons. The lowest BCUT2D eigenvalue weighted by Crippen LogP contribution is -2.17. The maximum atomic E-state index is 2.65. The van der Waals surface area contributed by atoms with Crippen molar-refractivity contribution in [3.8, 4) is 44.5 Å². The van der Waals surface area contributed by atoms with Crippen molar-refractivity contribution in [1.29, 1.82) is 0 Å². The van der Waals surface area contributed by atoms with E-state index in [2.05, 4.69) is 256 Å². The maximum Gasteiger partial charge on any atom is -0.000718 e. The van der Waals surface area contributed by atoms with Crippen molar-refractivity contribution in [3.63, 3.8) is 0 Å². The third-order valence-corrected chi connectivity index (χ3v) is 17.7. The summed E-state index contributed by atoms with van der Waals surface area (Å²) in [6, 6.07) is 59.1. The predicted molar refractivity (Wildman–Crippen MR) is 336 cm³/mol. The van der Waals surface area contributed by atoms with Gasteiger partial charge in [-0.05, 0) is 228 Å². The minimum absolute atomic E-state index is 0.0737. The molecule has 0 N–H and O–H groups in total. The van der Waals surface area contributed by atoms with Crippen LogP contribution in [0.3, 0.4) is 0 Å². The van der Waals surface area contributed by atoms with Crippen molar-refractivity contribution in [3.05, 3.63) is 179 Å². The highest BCUT2D eigenvalue weighted by molar-refractivity contribution is 6.37. The lowest BCUT2D eigenvalue weighted by molar-refractivity contribution is 0.568. The van der Waals surface area contributed by atoms with E-state index in [4.69, 9.17) is 0 Å². The summed E-state index contributed by atoms with van der Waals surface area (Å²) >= 11 is 0. The second-order valence-electron chi connectivity index (χ2n) is 27.8. The molecule has 0 heteroatoms. The van der Waals surface area contributed by atoms with Gasteiger partial charge in [-0.15, -0.1) is 0 Å². The quantitative estimate of drug-likeness (QED) is 0.122. The minimum atomic E-state index is -0.0783. The second kappa shape index (κ2) is 16.3. The Labute approximate surface area is 451 Å². The molecule has 0 aliphatic heterocycles. The van der Waals surface area contributed by atoms with Crippen LogP contribution in [0.2, 0.25) is 0 Å². The summed E-state index contributed by atoms with van der Waals surface area (Å²) in [6.07, 6.45) is 0. The highest BCUT2D eigenvalue weighted by atomic mass is 14.4. The van der Waals surface area contributed by atoms with Crippen molar-refractivity contribution in [2.45, 2.75) is 144 Å². The van der Waals surface area contributed by atoms with Gasteiger partial charge in [-0.3, -0.25) is 0 Å². The maximum absolute atomic E-state index is 2.65. The summed E-state index contributed by atoms with van der Waals surface area (Å²) < 4.78 is 0. The first kappa shape index (κ1) is 48.6. The van der Waals surface area contributed by atoms with Crippen LogP contribution < -0.4 is 0 Å². The van der Waals surface area contributed by atoms with E-state index < -0.39 is 0 Å². The Hall–Kier alpha value is -7.02. The molecule has 12 aromatic rings. The molecular formula is C76H74. The molecule has 0 atom stereocenters. The Morgan fingerprint density at radius 3 is 1.21 bits per heavy atom. The minimum Gasteiger partial charge on any atom is -0.0616 e. The molecule has 0 spiro atoms. The van der Waals surface area contributed by atoms with Gasteiger partial charge in [-0.2, -0.15) is 0 Å². The molecule has 0 unspecified atom stereocenters. The average molecular weight is 987 g/mol. The van der Waals surface area contributed by atoms with Gasteiger partial charge in [0.2, 0.25) is 0 Å². The monoisotopic (exact) mass is 987 g/mol. The zero-order valence-corrected chi connectivity index (χ0v) is 48.0. The fourth-order valence-electron chi connectivity index (χ4n) is 13.2. The van der Waals surface area contributed by atoms with E-state index in [9.17, 15) is 0 Å². The van der Waals surface area contributed by atoms with Crippen LogP contribution in [0.15, 0.2) is 146 Å². The Kier molecular flexibility index (Phi) is 10.4. The van der Waals surface area contributed by atoms with Crippen molar-refractivity contribution in [2.24, 2.45) is 0 Å². The standard InChI is InChI=1S/C76H74/c1-41(2)44-22-23-45-34-60-59(35-48(45)27-44)56-19-17-18-20-57(56)61-39-63-64(40-62(60)61)68(51-32-54(75(11,12)13)38-55(33-51)76(14,15)16)72-65-36-49-29-47(42(3)4)28-46-24-21-43-25-26-58(70(65)69(43)66(46)49)71(72)67(63)50-30-52(73(5,6)7)37-53(31-50)74(8,9)10/h17-42H,1-16H3. The van der Waals surface area contributed by atoms with Gasteiger partial charge < -0.3 is 0 Å². The van der Waals surface area contributed by atoms with E-state index in [1.54, 1.807) is 0 Å². The molecule has 378 valence electrons. The molecular weight excluding hydrogens is 913 g/mol. The molecule has 0 saturated carbocycles. The largest absolute Gasteiger partial charge is 0.0616 e. The van der Waals surface area contributed by atoms with Gasteiger partial charge in [0.15, 0.2) is 0 Å². The van der Waals surface area contributed by atoms with E-state index >= 15 is 0 Å². The molecule has 1 aliphatic rings. The third-order valence-electron chi connectivity index (χ3n) is 17.7. The molecule has 1 aliphatic carbocycles. The Morgan fingerprint density at radius 2 is 0.684 bits per heavy atom. The van der Waals surface area contributed by atoms with Crippen molar-refractivity contribution in [2.75, 3.05) is 0 Å². The Bertz CT molecular complexity index is 4400. The summed E-state index contributed by atoms with van der Waals surface area (Å²) in [6.45, 7) is 37.9. The zero-order chi connectivity index (χ0) is 53.4. The van der Waals surface area contributed by atoms with Gasteiger partial charge in [0, 0.05) is 0 Å². The molecule has 0 fully saturated rings. The fourth-order valence-corrected chi connectivity index (χ4v) is 13.2. The molecule has 0 nitrogen and oxygen atoms in total. The molecule has 0 bridgehead atoms. The number of hydrogen-bond donors (Lipinski definition) is 0. The molecule has 0 amide bonds. The molecule has 76 heavy (non-hydrogen) atoms. The molecule has 12 aromatic carbocycles. The van der Waals surface area contributed by atoms with E-state index in [0.29, 0.717) is 11.8 Å². The van der Waals surface area contributed by atoms with Crippen molar-refractivity contribution < 1.29 is 0 Å². The van der Waals surface area contributed by atoms with Crippen LogP contribution in [0, 0.1) is 0 Å². The summed E-state index contributed by atoms with van der Waals surface area (Å²) in [5.41, 5.74) is 18.6. The SMILES string of the molecule is CC(C)c1ccc2cc3c(cc2c1)c1ccccc1c1cc2c(-c4cc(C(C)(C)C)cc(C(C)(C)C)c4)c4c(c(-c5cc(C(C)(C)C)cc(C(C)(C)C)c5)c2cc31)-c1cc2cc(C(C)C)cc3ccc5ccc-4c1c5c32. The first-order valence-corrected chi connectivity index (χ1v) is 28.3. The lowest BCUT2D eigenvalue weighted by Gasteiger charge is -2.29. The van der Waals surface area contributed by atoms with Gasteiger partial charge >= 0.3 is 0 Å². The molecule has 0 heterocycles. The van der Waals surface area contributed by atoms with Gasteiger partial charge in [0.25, 0.3) is 0 Å².